The molecule has 5 heteroatoms. The fourth-order valence-electron chi connectivity index (χ4n) is 2.58. The number of halogens is 2. The van der Waals surface area contributed by atoms with Crippen LogP contribution in [0.15, 0.2) is 48.5 Å². The molecular weight excluding hydrogens is 323 g/mol. The van der Waals surface area contributed by atoms with Crippen LogP contribution in [-0.4, -0.2) is 18.7 Å². The number of epoxide rings is 1. The van der Waals surface area contributed by atoms with E-state index < -0.39 is 11.7 Å². The second kappa shape index (κ2) is 5.92. The molecule has 0 aliphatic carbocycles. The molecule has 0 unspecified atom stereocenters. The van der Waals surface area contributed by atoms with Gasteiger partial charge in [0, 0.05) is 10.0 Å². The van der Waals surface area contributed by atoms with Crippen LogP contribution < -0.4 is 0 Å². The van der Waals surface area contributed by atoms with Crippen LogP contribution in [0, 0.1) is 0 Å². The Hall–Kier alpha value is -1.55. The summed E-state index contributed by atoms with van der Waals surface area (Å²) in [6, 6.07) is 14.5. The van der Waals surface area contributed by atoms with Gasteiger partial charge in [0.25, 0.3) is 0 Å². The molecule has 114 valence electrons. The average Bonchev–Trinajstić information content (AvgIpc) is 3.26. The predicted molar refractivity (Wildman–Crippen MR) is 85.2 cm³/mol. The molecule has 3 nitrogen and oxygen atoms in total. The zero-order valence-corrected chi connectivity index (χ0v) is 13.4. The molecule has 1 heterocycles. The highest BCUT2D eigenvalue weighted by molar-refractivity contribution is 6.30. The van der Waals surface area contributed by atoms with Gasteiger partial charge in [-0.2, -0.15) is 0 Å². The summed E-state index contributed by atoms with van der Waals surface area (Å²) in [5.74, 6) is -0.368. The Morgan fingerprint density at radius 3 is 1.91 bits per heavy atom. The maximum absolute atomic E-state index is 12.1. The van der Waals surface area contributed by atoms with Crippen LogP contribution >= 0.6 is 23.2 Å². The molecule has 1 aliphatic heterocycles. The normalized spacial score (nSPS) is 18.8. The number of carbonyl (C=O) groups is 1. The van der Waals surface area contributed by atoms with E-state index >= 15 is 0 Å². The van der Waals surface area contributed by atoms with Crippen molar-refractivity contribution in [2.24, 2.45) is 0 Å². The van der Waals surface area contributed by atoms with Crippen LogP contribution in [0.4, 0.5) is 0 Å². The first kappa shape index (κ1) is 15.3. The number of carbonyl (C=O) groups excluding carboxylic acids is 1. The lowest BCUT2D eigenvalue weighted by molar-refractivity contribution is -0.144. The van der Waals surface area contributed by atoms with Crippen molar-refractivity contribution < 1.29 is 14.3 Å². The van der Waals surface area contributed by atoms with E-state index in [1.54, 1.807) is 31.2 Å². The van der Waals surface area contributed by atoms with E-state index in [4.69, 9.17) is 32.7 Å². The Kier molecular flexibility index (Phi) is 4.13. The van der Waals surface area contributed by atoms with Crippen LogP contribution in [0.2, 0.25) is 10.0 Å². The highest BCUT2D eigenvalue weighted by Crippen LogP contribution is 2.52. The van der Waals surface area contributed by atoms with E-state index in [1.807, 2.05) is 24.3 Å². The van der Waals surface area contributed by atoms with E-state index in [1.165, 1.54) is 0 Å². The number of esters is 1. The first-order chi connectivity index (χ1) is 10.6. The second-order valence-corrected chi connectivity index (χ2v) is 5.87. The van der Waals surface area contributed by atoms with Gasteiger partial charge < -0.3 is 9.47 Å². The van der Waals surface area contributed by atoms with Gasteiger partial charge in [-0.3, -0.25) is 0 Å². The molecule has 22 heavy (non-hydrogen) atoms. The van der Waals surface area contributed by atoms with Crippen LogP contribution in [0.1, 0.15) is 18.1 Å². The van der Waals surface area contributed by atoms with Gasteiger partial charge in [0.05, 0.1) is 6.61 Å². The summed E-state index contributed by atoms with van der Waals surface area (Å²) < 4.78 is 10.9. The maximum Gasteiger partial charge on any atom is 0.339 e. The fraction of sp³-hybridized carbons (Fsp3) is 0.235. The topological polar surface area (TPSA) is 38.8 Å². The lowest BCUT2D eigenvalue weighted by Gasteiger charge is -2.14. The molecule has 2 aromatic carbocycles. The standard InChI is InChI=1S/C17H14Cl2O3/c1-2-21-16(20)15-17(22-15,11-3-7-13(18)8-4-11)12-5-9-14(19)10-6-12/h3-10,15H,2H2,1H3/t15-/m1/s1. The van der Waals surface area contributed by atoms with Crippen molar-refractivity contribution in [2.75, 3.05) is 6.61 Å². The van der Waals surface area contributed by atoms with Crippen molar-refractivity contribution in [3.05, 3.63) is 69.7 Å². The molecule has 1 fully saturated rings. The summed E-state index contributed by atoms with van der Waals surface area (Å²) in [6.07, 6.45) is -0.658. The molecule has 0 aromatic heterocycles. The minimum absolute atomic E-state index is 0.315. The number of ether oxygens (including phenoxy) is 2. The predicted octanol–water partition coefficient (Wildman–Crippen LogP) is 4.20. The average molecular weight is 337 g/mol. The first-order valence-electron chi connectivity index (χ1n) is 6.94. The Balaban J connectivity index is 2.02. The van der Waals surface area contributed by atoms with Gasteiger partial charge in [-0.05, 0) is 42.3 Å². The van der Waals surface area contributed by atoms with Crippen molar-refractivity contribution >= 4 is 29.2 Å². The monoisotopic (exact) mass is 336 g/mol. The zero-order valence-electron chi connectivity index (χ0n) is 11.9. The lowest BCUT2D eigenvalue weighted by Crippen LogP contribution is -2.22. The van der Waals surface area contributed by atoms with Gasteiger partial charge in [-0.1, -0.05) is 47.5 Å². The maximum atomic E-state index is 12.1. The molecular formula is C17H14Cl2O3. The van der Waals surface area contributed by atoms with E-state index in [2.05, 4.69) is 0 Å². The quantitative estimate of drug-likeness (QED) is 0.620. The largest absolute Gasteiger partial charge is 0.464 e. The highest BCUT2D eigenvalue weighted by Gasteiger charge is 2.64. The van der Waals surface area contributed by atoms with Crippen LogP contribution in [-0.2, 0) is 19.9 Å². The zero-order chi connectivity index (χ0) is 15.7. The molecule has 0 spiro atoms. The third-order valence-electron chi connectivity index (χ3n) is 3.66. The molecule has 0 saturated carbocycles. The van der Waals surface area contributed by atoms with Gasteiger partial charge in [-0.25, -0.2) is 4.79 Å². The number of benzene rings is 2. The van der Waals surface area contributed by atoms with Crippen molar-refractivity contribution in [1.82, 2.24) is 0 Å². The molecule has 3 rings (SSSR count). The molecule has 0 N–H and O–H groups in total. The van der Waals surface area contributed by atoms with Crippen LogP contribution in [0.25, 0.3) is 0 Å². The van der Waals surface area contributed by atoms with Gasteiger partial charge in [0.1, 0.15) is 0 Å². The van der Waals surface area contributed by atoms with Crippen molar-refractivity contribution in [3.8, 4) is 0 Å². The van der Waals surface area contributed by atoms with E-state index in [0.29, 0.717) is 16.7 Å². The minimum Gasteiger partial charge on any atom is -0.464 e. The van der Waals surface area contributed by atoms with Crippen molar-refractivity contribution in [3.63, 3.8) is 0 Å². The summed E-state index contributed by atoms with van der Waals surface area (Å²) in [6.45, 7) is 2.09. The first-order valence-corrected chi connectivity index (χ1v) is 7.70. The van der Waals surface area contributed by atoms with Gasteiger partial charge in [0.2, 0.25) is 0 Å². The van der Waals surface area contributed by atoms with E-state index in [-0.39, 0.29) is 5.97 Å². The smallest absolute Gasteiger partial charge is 0.339 e. The van der Waals surface area contributed by atoms with Crippen LogP contribution in [0.3, 0.4) is 0 Å². The van der Waals surface area contributed by atoms with E-state index in [9.17, 15) is 4.79 Å². The third kappa shape index (κ3) is 2.60. The Morgan fingerprint density at radius 1 is 1.05 bits per heavy atom. The Bertz CT molecular complexity index is 635. The number of hydrogen-bond donors (Lipinski definition) is 0. The Morgan fingerprint density at radius 2 is 1.50 bits per heavy atom. The number of rotatable bonds is 4. The van der Waals surface area contributed by atoms with Gasteiger partial charge in [0.15, 0.2) is 11.7 Å². The SMILES string of the molecule is CCOC(=O)[C@H]1OC1(c1ccc(Cl)cc1)c1ccc(Cl)cc1. The summed E-state index contributed by atoms with van der Waals surface area (Å²) in [5.41, 5.74) is 0.885. The van der Waals surface area contributed by atoms with Crippen molar-refractivity contribution in [2.45, 2.75) is 18.6 Å². The highest BCUT2D eigenvalue weighted by atomic mass is 35.5. The van der Waals surface area contributed by atoms with Gasteiger partial charge >= 0.3 is 5.97 Å². The molecule has 2 aromatic rings. The summed E-state index contributed by atoms with van der Waals surface area (Å²) in [5, 5.41) is 1.26. The molecule has 0 radical (unpaired) electrons. The number of hydrogen-bond acceptors (Lipinski definition) is 3. The second-order valence-electron chi connectivity index (χ2n) is 5.00. The Labute approximate surface area is 138 Å². The third-order valence-corrected chi connectivity index (χ3v) is 4.17. The minimum atomic E-state index is -0.832. The summed E-state index contributed by atoms with van der Waals surface area (Å²) in [7, 11) is 0. The van der Waals surface area contributed by atoms with Crippen molar-refractivity contribution in [1.29, 1.82) is 0 Å². The molecule has 0 amide bonds. The lowest BCUT2D eigenvalue weighted by atomic mass is 9.88. The van der Waals surface area contributed by atoms with Crippen LogP contribution in [0.5, 0.6) is 0 Å². The fourth-order valence-corrected chi connectivity index (χ4v) is 2.84. The molecule has 0 bridgehead atoms. The summed E-state index contributed by atoms with van der Waals surface area (Å²) >= 11 is 11.9. The molecule has 1 saturated heterocycles. The molecule has 1 aliphatic rings. The summed E-state index contributed by atoms with van der Waals surface area (Å²) in [4.78, 5) is 12.1. The molecule has 1 atom stereocenters. The van der Waals surface area contributed by atoms with E-state index in [0.717, 1.165) is 11.1 Å². The van der Waals surface area contributed by atoms with Gasteiger partial charge in [-0.15, -0.1) is 0 Å².